The van der Waals surface area contributed by atoms with Crippen LogP contribution in [0.15, 0.2) is 40.9 Å². The molecular formula is C24H29BrFNO3. The third-order valence-electron chi connectivity index (χ3n) is 6.62. The number of aliphatic hydroxyl groups is 1. The van der Waals surface area contributed by atoms with Crippen molar-refractivity contribution in [2.24, 2.45) is 5.92 Å². The summed E-state index contributed by atoms with van der Waals surface area (Å²) in [5.41, 5.74) is 1.87. The summed E-state index contributed by atoms with van der Waals surface area (Å²) in [6.07, 6.45) is 1.40. The number of aliphatic hydroxyl groups excluding tert-OH is 1. The van der Waals surface area contributed by atoms with Crippen LogP contribution in [0.5, 0.6) is 11.5 Å². The molecule has 0 amide bonds. The average molecular weight is 478 g/mol. The van der Waals surface area contributed by atoms with Gasteiger partial charge in [-0.05, 0) is 66.5 Å². The summed E-state index contributed by atoms with van der Waals surface area (Å²) in [5.74, 6) is 1.14. The Morgan fingerprint density at radius 2 is 1.80 bits per heavy atom. The van der Waals surface area contributed by atoms with Crippen molar-refractivity contribution in [2.75, 3.05) is 27.3 Å². The molecule has 1 saturated heterocycles. The highest BCUT2D eigenvalue weighted by atomic mass is 79.9. The molecule has 0 bridgehead atoms. The summed E-state index contributed by atoms with van der Waals surface area (Å²) < 4.78 is 27.5. The van der Waals surface area contributed by atoms with Crippen LogP contribution in [0.25, 0.3) is 0 Å². The predicted octanol–water partition coefficient (Wildman–Crippen LogP) is 5.07. The van der Waals surface area contributed by atoms with Crippen LogP contribution in [0.2, 0.25) is 0 Å². The van der Waals surface area contributed by atoms with E-state index in [-0.39, 0.29) is 5.92 Å². The maximum absolute atomic E-state index is 15.7. The first-order chi connectivity index (χ1) is 14.4. The molecule has 2 unspecified atom stereocenters. The Morgan fingerprint density at radius 1 is 1.13 bits per heavy atom. The first kappa shape index (κ1) is 21.6. The molecule has 6 heteroatoms. The molecule has 2 atom stereocenters. The van der Waals surface area contributed by atoms with E-state index in [0.717, 1.165) is 35.2 Å². The van der Waals surface area contributed by atoms with Crippen LogP contribution in [0.3, 0.4) is 0 Å². The summed E-state index contributed by atoms with van der Waals surface area (Å²) >= 11 is 3.60. The van der Waals surface area contributed by atoms with Gasteiger partial charge in [0, 0.05) is 24.1 Å². The highest BCUT2D eigenvalue weighted by Crippen LogP contribution is 2.46. The summed E-state index contributed by atoms with van der Waals surface area (Å²) in [6.45, 7) is 2.29. The lowest BCUT2D eigenvalue weighted by molar-refractivity contribution is 0.00928. The molecule has 0 saturated carbocycles. The SMILES string of the molecule is COc1cc2c(cc1OC)C(O)C(CC1(F)CCN(Cc3ccccc3Br)CC1)C2. The molecule has 1 heterocycles. The van der Waals surface area contributed by atoms with Crippen molar-refractivity contribution >= 4 is 15.9 Å². The van der Waals surface area contributed by atoms with E-state index in [0.29, 0.717) is 37.2 Å². The molecule has 30 heavy (non-hydrogen) atoms. The van der Waals surface area contributed by atoms with Crippen molar-refractivity contribution in [3.05, 3.63) is 57.6 Å². The minimum atomic E-state index is -1.23. The number of piperidine rings is 1. The molecule has 1 fully saturated rings. The van der Waals surface area contributed by atoms with Gasteiger partial charge in [0.05, 0.1) is 20.3 Å². The van der Waals surface area contributed by atoms with Crippen LogP contribution in [0.1, 0.15) is 42.1 Å². The van der Waals surface area contributed by atoms with Gasteiger partial charge in [0.2, 0.25) is 0 Å². The quantitative estimate of drug-likeness (QED) is 0.630. The zero-order valence-corrected chi connectivity index (χ0v) is 19.1. The Hall–Kier alpha value is -1.63. The number of benzene rings is 2. The Labute approximate surface area is 186 Å². The summed E-state index contributed by atoms with van der Waals surface area (Å²) in [7, 11) is 3.19. The van der Waals surface area contributed by atoms with Crippen LogP contribution in [0.4, 0.5) is 4.39 Å². The molecule has 0 radical (unpaired) electrons. The van der Waals surface area contributed by atoms with Crippen LogP contribution in [-0.2, 0) is 13.0 Å². The predicted molar refractivity (Wildman–Crippen MR) is 119 cm³/mol. The van der Waals surface area contributed by atoms with Crippen LogP contribution >= 0.6 is 15.9 Å². The molecule has 1 aliphatic heterocycles. The normalized spacial score (nSPS) is 23.2. The molecular weight excluding hydrogens is 449 g/mol. The van der Waals surface area contributed by atoms with Crippen molar-refractivity contribution in [1.82, 2.24) is 4.90 Å². The number of hydrogen-bond donors (Lipinski definition) is 1. The number of ether oxygens (including phenoxy) is 2. The molecule has 0 spiro atoms. The Morgan fingerprint density at radius 3 is 2.47 bits per heavy atom. The van der Waals surface area contributed by atoms with Gasteiger partial charge in [0.25, 0.3) is 0 Å². The van der Waals surface area contributed by atoms with Gasteiger partial charge in [-0.3, -0.25) is 4.90 Å². The minimum Gasteiger partial charge on any atom is -0.493 e. The molecule has 4 nitrogen and oxygen atoms in total. The minimum absolute atomic E-state index is 0.114. The Balaban J connectivity index is 1.38. The highest BCUT2D eigenvalue weighted by molar-refractivity contribution is 9.10. The van der Waals surface area contributed by atoms with Gasteiger partial charge in [-0.2, -0.15) is 0 Å². The maximum atomic E-state index is 15.7. The summed E-state index contributed by atoms with van der Waals surface area (Å²) in [5, 5.41) is 10.9. The standard InChI is InChI=1S/C24H29BrFNO3/c1-29-21-12-17-11-18(23(28)19(17)13-22(21)30-2)14-24(26)7-9-27(10-8-24)15-16-5-3-4-6-20(16)25/h3-6,12-13,18,23,28H,7-11,14-15H2,1-2H3. The second kappa shape index (κ2) is 8.85. The fourth-order valence-electron chi connectivity index (χ4n) is 4.87. The van der Waals surface area contributed by atoms with Crippen molar-refractivity contribution in [2.45, 2.75) is 44.0 Å². The molecule has 4 rings (SSSR count). The van der Waals surface area contributed by atoms with Crippen molar-refractivity contribution in [3.63, 3.8) is 0 Å². The van der Waals surface area contributed by atoms with Gasteiger partial charge in [0.15, 0.2) is 11.5 Å². The van der Waals surface area contributed by atoms with E-state index in [2.05, 4.69) is 26.9 Å². The van der Waals surface area contributed by atoms with E-state index in [1.807, 2.05) is 30.3 Å². The van der Waals surface area contributed by atoms with Crippen molar-refractivity contribution in [1.29, 1.82) is 0 Å². The van der Waals surface area contributed by atoms with Gasteiger partial charge in [0.1, 0.15) is 5.67 Å². The zero-order valence-electron chi connectivity index (χ0n) is 17.5. The van der Waals surface area contributed by atoms with Crippen LogP contribution in [-0.4, -0.2) is 43.0 Å². The molecule has 1 aliphatic carbocycles. The molecule has 2 aromatic rings. The maximum Gasteiger partial charge on any atom is 0.161 e. The van der Waals surface area contributed by atoms with Crippen LogP contribution < -0.4 is 9.47 Å². The van der Waals surface area contributed by atoms with Gasteiger partial charge in [-0.25, -0.2) is 4.39 Å². The molecule has 1 N–H and O–H groups in total. The number of fused-ring (bicyclic) bond motifs is 1. The number of likely N-dealkylation sites (tertiary alicyclic amines) is 1. The first-order valence-corrected chi connectivity index (χ1v) is 11.3. The number of nitrogens with zero attached hydrogens (tertiary/aromatic N) is 1. The number of halogens is 2. The number of methoxy groups -OCH3 is 2. The fraction of sp³-hybridized carbons (Fsp3) is 0.500. The number of rotatable bonds is 6. The van der Waals surface area contributed by atoms with Gasteiger partial charge >= 0.3 is 0 Å². The van der Waals surface area contributed by atoms with E-state index < -0.39 is 11.8 Å². The number of hydrogen-bond acceptors (Lipinski definition) is 4. The third kappa shape index (κ3) is 4.36. The summed E-state index contributed by atoms with van der Waals surface area (Å²) in [6, 6.07) is 11.9. The van der Waals surface area contributed by atoms with E-state index in [4.69, 9.17) is 9.47 Å². The topological polar surface area (TPSA) is 41.9 Å². The second-order valence-corrected chi connectivity index (χ2v) is 9.39. The zero-order chi connectivity index (χ0) is 21.3. The van der Waals surface area contributed by atoms with Gasteiger partial charge in [-0.15, -0.1) is 0 Å². The van der Waals surface area contributed by atoms with Crippen molar-refractivity contribution in [3.8, 4) is 11.5 Å². The largest absolute Gasteiger partial charge is 0.493 e. The lowest BCUT2D eigenvalue weighted by atomic mass is 9.82. The summed E-state index contributed by atoms with van der Waals surface area (Å²) in [4.78, 5) is 2.31. The van der Waals surface area contributed by atoms with Crippen molar-refractivity contribution < 1.29 is 19.0 Å². The fourth-order valence-corrected chi connectivity index (χ4v) is 5.28. The van der Waals surface area contributed by atoms with Crippen LogP contribution in [0, 0.1) is 5.92 Å². The average Bonchev–Trinajstić information content (AvgIpc) is 3.04. The number of alkyl halides is 1. The lowest BCUT2D eigenvalue weighted by Crippen LogP contribution is -2.42. The third-order valence-corrected chi connectivity index (χ3v) is 7.40. The molecule has 162 valence electrons. The Kier molecular flexibility index (Phi) is 6.37. The van der Waals surface area contributed by atoms with E-state index in [1.165, 1.54) is 5.56 Å². The van der Waals surface area contributed by atoms with E-state index in [9.17, 15) is 5.11 Å². The molecule has 0 aromatic heterocycles. The lowest BCUT2D eigenvalue weighted by Gasteiger charge is -2.38. The first-order valence-electron chi connectivity index (χ1n) is 10.5. The van der Waals surface area contributed by atoms with Gasteiger partial charge < -0.3 is 14.6 Å². The molecule has 2 aliphatic rings. The Bertz CT molecular complexity index is 898. The smallest absolute Gasteiger partial charge is 0.161 e. The highest BCUT2D eigenvalue weighted by Gasteiger charge is 2.42. The second-order valence-electron chi connectivity index (χ2n) is 8.54. The van der Waals surface area contributed by atoms with E-state index in [1.54, 1.807) is 14.2 Å². The van der Waals surface area contributed by atoms with E-state index >= 15 is 4.39 Å². The van der Waals surface area contributed by atoms with Gasteiger partial charge in [-0.1, -0.05) is 34.1 Å². The monoisotopic (exact) mass is 477 g/mol. The molecule has 2 aromatic carbocycles.